The molecule has 7 rings (SSSR count). The first-order chi connectivity index (χ1) is 15.9. The predicted octanol–water partition coefficient (Wildman–Crippen LogP) is 3.12. The predicted molar refractivity (Wildman–Crippen MR) is 125 cm³/mol. The minimum Gasteiger partial charge on any atom is -0.504 e. The summed E-state index contributed by atoms with van der Waals surface area (Å²) in [6.45, 7) is 3.98. The molecule has 3 heterocycles. The number of benzene rings is 1. The highest BCUT2D eigenvalue weighted by Gasteiger charge is 2.73. The van der Waals surface area contributed by atoms with Crippen LogP contribution in [0.25, 0.3) is 0 Å². The number of rotatable bonds is 4. The van der Waals surface area contributed by atoms with Gasteiger partial charge in [0, 0.05) is 23.0 Å². The second-order valence-electron chi connectivity index (χ2n) is 10.8. The third-order valence-corrected chi connectivity index (χ3v) is 10.0. The molecule has 2 aliphatic heterocycles. The van der Waals surface area contributed by atoms with E-state index in [1.807, 2.05) is 25.1 Å². The summed E-state index contributed by atoms with van der Waals surface area (Å²) in [5, 5.41) is 26.4. The monoisotopic (exact) mass is 466 g/mol. The zero-order valence-corrected chi connectivity index (χ0v) is 19.7. The Hall–Kier alpha value is -2.09. The lowest BCUT2D eigenvalue weighted by Gasteiger charge is -2.64. The molecule has 1 spiro atoms. The Morgan fingerprint density at radius 2 is 2.09 bits per heavy atom. The fraction of sp³-hybridized carbons (Fsp3) is 0.577. The molecule has 0 radical (unpaired) electrons. The maximum absolute atomic E-state index is 13.1. The van der Waals surface area contributed by atoms with Crippen molar-refractivity contribution < 1.29 is 19.7 Å². The lowest BCUT2D eigenvalue weighted by Crippen LogP contribution is -2.78. The highest BCUT2D eigenvalue weighted by atomic mass is 32.1. The number of ether oxygens (including phenoxy) is 1. The number of hydrogen-bond acceptors (Lipinski definition) is 6. The van der Waals surface area contributed by atoms with Gasteiger partial charge in [-0.05, 0) is 81.7 Å². The molecule has 1 aromatic carbocycles. The second kappa shape index (κ2) is 6.74. The van der Waals surface area contributed by atoms with Crippen LogP contribution in [-0.4, -0.2) is 57.9 Å². The van der Waals surface area contributed by atoms with E-state index in [0.29, 0.717) is 23.5 Å². The number of carbonyl (C=O) groups excluding carboxylic acids is 1. The van der Waals surface area contributed by atoms with Crippen LogP contribution in [0.5, 0.6) is 11.5 Å². The Labute approximate surface area is 197 Å². The van der Waals surface area contributed by atoms with Gasteiger partial charge in [-0.3, -0.25) is 9.69 Å². The van der Waals surface area contributed by atoms with Crippen molar-refractivity contribution >= 4 is 17.2 Å². The van der Waals surface area contributed by atoms with E-state index in [-0.39, 0.29) is 29.8 Å². The van der Waals surface area contributed by atoms with E-state index >= 15 is 0 Å². The summed E-state index contributed by atoms with van der Waals surface area (Å²) in [5.41, 5.74) is 0.669. The SMILES string of the molecule is Cc1ccc(C(=O)N[C@H]2CC[C@@]3(O)[C@H]4Cc5ccc(O)c6c5[C@@]3(CCN4CC3CC3)[C@H]2O6)s1. The molecule has 2 aromatic rings. The van der Waals surface area contributed by atoms with E-state index in [2.05, 4.69) is 10.2 Å². The highest BCUT2D eigenvalue weighted by molar-refractivity contribution is 7.13. The molecule has 1 saturated heterocycles. The molecule has 1 amide bonds. The van der Waals surface area contributed by atoms with Crippen LogP contribution in [0.4, 0.5) is 0 Å². The number of phenolic OH excluding ortho intramolecular Hbond substituents is 1. The van der Waals surface area contributed by atoms with Crippen molar-refractivity contribution in [3.63, 3.8) is 0 Å². The number of aryl methyl sites for hydroxylation is 1. The molecule has 3 fully saturated rings. The van der Waals surface area contributed by atoms with Crippen LogP contribution >= 0.6 is 11.3 Å². The number of thiophene rings is 1. The number of amides is 1. The standard InChI is InChI=1S/C26H30N2O4S/c1-14-2-7-19(33-14)24(30)27-17-8-9-26(31)20-12-16-5-6-18(29)22-21(16)25(26,23(17)32-22)10-11-28(20)13-15-3-4-15/h2,5-7,15,17,20,23,29,31H,3-4,8-13H2,1H3,(H,27,30)/t17-,20+,23-,25-,26+/m0/s1. The van der Waals surface area contributed by atoms with E-state index < -0.39 is 11.0 Å². The van der Waals surface area contributed by atoms with Gasteiger partial charge in [-0.1, -0.05) is 6.07 Å². The van der Waals surface area contributed by atoms with Crippen LogP contribution in [-0.2, 0) is 11.8 Å². The number of carbonyl (C=O) groups is 1. The maximum atomic E-state index is 13.1. The Kier molecular flexibility index (Phi) is 4.14. The first-order valence-corrected chi connectivity index (χ1v) is 13.1. The number of aliphatic hydroxyl groups is 1. The van der Waals surface area contributed by atoms with E-state index in [9.17, 15) is 15.0 Å². The van der Waals surface area contributed by atoms with Gasteiger partial charge in [-0.15, -0.1) is 11.3 Å². The van der Waals surface area contributed by atoms with Crippen molar-refractivity contribution in [2.75, 3.05) is 13.1 Å². The quantitative estimate of drug-likeness (QED) is 0.645. The van der Waals surface area contributed by atoms with Crippen LogP contribution in [0.3, 0.4) is 0 Å². The third-order valence-electron chi connectivity index (χ3n) is 9.04. The topological polar surface area (TPSA) is 82.0 Å². The lowest BCUT2D eigenvalue weighted by molar-refractivity contribution is -0.191. The first kappa shape index (κ1) is 20.3. The average molecular weight is 467 g/mol. The number of piperidine rings is 1. The molecule has 5 aliphatic rings. The minimum absolute atomic E-state index is 0.0533. The van der Waals surface area contributed by atoms with Gasteiger partial charge in [0.15, 0.2) is 11.5 Å². The van der Waals surface area contributed by atoms with Gasteiger partial charge in [0.2, 0.25) is 0 Å². The van der Waals surface area contributed by atoms with Gasteiger partial charge in [-0.2, -0.15) is 0 Å². The summed E-state index contributed by atoms with van der Waals surface area (Å²) >= 11 is 1.49. The average Bonchev–Trinajstić information content (AvgIpc) is 3.37. The van der Waals surface area contributed by atoms with Gasteiger partial charge in [0.05, 0.1) is 21.9 Å². The fourth-order valence-corrected chi connectivity index (χ4v) is 8.20. The first-order valence-electron chi connectivity index (χ1n) is 12.3. The molecule has 5 atom stereocenters. The Morgan fingerprint density at radius 1 is 1.24 bits per heavy atom. The Balaban J connectivity index is 1.30. The summed E-state index contributed by atoms with van der Waals surface area (Å²) in [6.07, 6.45) is 5.07. The molecule has 2 saturated carbocycles. The zero-order chi connectivity index (χ0) is 22.5. The molecular formula is C26H30N2O4S. The van der Waals surface area contributed by atoms with E-state index in [0.717, 1.165) is 42.3 Å². The number of likely N-dealkylation sites (tertiary alicyclic amines) is 1. The number of aromatic hydroxyl groups is 1. The second-order valence-corrected chi connectivity index (χ2v) is 12.1. The van der Waals surface area contributed by atoms with Crippen LogP contribution in [0.15, 0.2) is 24.3 Å². The van der Waals surface area contributed by atoms with E-state index in [1.165, 1.54) is 29.7 Å². The largest absolute Gasteiger partial charge is 0.504 e. The molecule has 7 heteroatoms. The van der Waals surface area contributed by atoms with E-state index in [1.54, 1.807) is 6.07 Å². The fourth-order valence-electron chi connectivity index (χ4n) is 7.43. The number of nitrogens with one attached hydrogen (secondary N) is 1. The van der Waals surface area contributed by atoms with Crippen molar-refractivity contribution in [1.82, 2.24) is 10.2 Å². The third kappa shape index (κ3) is 2.64. The molecule has 174 valence electrons. The summed E-state index contributed by atoms with van der Waals surface area (Å²) in [6, 6.07) is 7.42. The van der Waals surface area contributed by atoms with Crippen molar-refractivity contribution in [1.29, 1.82) is 0 Å². The van der Waals surface area contributed by atoms with E-state index in [4.69, 9.17) is 4.74 Å². The van der Waals surface area contributed by atoms with Gasteiger partial charge in [-0.25, -0.2) is 0 Å². The number of nitrogens with zero attached hydrogens (tertiary/aromatic N) is 1. The molecule has 0 unspecified atom stereocenters. The normalized spacial score (nSPS) is 36.2. The molecule has 1 aromatic heterocycles. The van der Waals surface area contributed by atoms with Gasteiger partial charge in [0.1, 0.15) is 6.10 Å². The minimum atomic E-state index is -0.919. The van der Waals surface area contributed by atoms with Gasteiger partial charge in [0.25, 0.3) is 5.91 Å². The van der Waals surface area contributed by atoms with Crippen molar-refractivity contribution in [2.24, 2.45) is 5.92 Å². The summed E-state index contributed by atoms with van der Waals surface area (Å²) in [7, 11) is 0. The van der Waals surface area contributed by atoms with Crippen LogP contribution in [0, 0.1) is 12.8 Å². The Morgan fingerprint density at radius 3 is 2.85 bits per heavy atom. The summed E-state index contributed by atoms with van der Waals surface area (Å²) in [4.78, 5) is 17.4. The summed E-state index contributed by atoms with van der Waals surface area (Å²) < 4.78 is 6.52. The molecule has 33 heavy (non-hydrogen) atoms. The summed E-state index contributed by atoms with van der Waals surface area (Å²) in [5.74, 6) is 1.35. The highest BCUT2D eigenvalue weighted by Crippen LogP contribution is 2.65. The smallest absolute Gasteiger partial charge is 0.261 e. The van der Waals surface area contributed by atoms with Crippen LogP contribution < -0.4 is 10.1 Å². The van der Waals surface area contributed by atoms with Crippen LogP contribution in [0.1, 0.15) is 57.8 Å². The van der Waals surface area contributed by atoms with Crippen molar-refractivity contribution in [2.45, 2.75) is 74.7 Å². The van der Waals surface area contributed by atoms with Crippen molar-refractivity contribution in [3.05, 3.63) is 45.1 Å². The van der Waals surface area contributed by atoms with Crippen LogP contribution in [0.2, 0.25) is 0 Å². The molecule has 6 nitrogen and oxygen atoms in total. The Bertz CT molecular complexity index is 1160. The molecular weight excluding hydrogens is 436 g/mol. The van der Waals surface area contributed by atoms with Crippen molar-refractivity contribution in [3.8, 4) is 11.5 Å². The molecule has 3 N–H and O–H groups in total. The van der Waals surface area contributed by atoms with Gasteiger partial charge >= 0.3 is 0 Å². The lowest BCUT2D eigenvalue weighted by atomic mass is 9.48. The number of hydrogen-bond donors (Lipinski definition) is 3. The maximum Gasteiger partial charge on any atom is 0.261 e. The van der Waals surface area contributed by atoms with Gasteiger partial charge < -0.3 is 20.3 Å². The molecule has 3 aliphatic carbocycles. The zero-order valence-electron chi connectivity index (χ0n) is 18.8. The number of phenols is 1. The molecule has 2 bridgehead atoms.